The maximum absolute atomic E-state index is 12.9. The Hall–Kier alpha value is -3.38. The van der Waals surface area contributed by atoms with E-state index in [1.54, 1.807) is 18.2 Å². The summed E-state index contributed by atoms with van der Waals surface area (Å²) in [7, 11) is 2.66. The van der Waals surface area contributed by atoms with E-state index in [0.29, 0.717) is 15.8 Å². The molecule has 1 saturated heterocycles. The first-order valence-electron chi connectivity index (χ1n) is 9.30. The van der Waals surface area contributed by atoms with E-state index in [9.17, 15) is 24.5 Å². The standard InChI is InChI=1S/C21H17BrN2O8S/c1-30-16-7-13(14(22)9-17(16)32-11-19(25)31-2)8-18-20(26)23(21(27)33-18)10-12-5-3-4-6-15(12)24(28)29/h3-9H,10-11H2,1-2H3/b18-8+. The fraction of sp³-hybridized carbons (Fsp3) is 0.190. The van der Waals surface area contributed by atoms with Gasteiger partial charge in [0.05, 0.1) is 30.6 Å². The number of hydrogen-bond donors (Lipinski definition) is 0. The van der Waals surface area contributed by atoms with Crippen LogP contribution in [0.5, 0.6) is 11.5 Å². The molecule has 1 fully saturated rings. The molecule has 2 amide bonds. The zero-order valence-corrected chi connectivity index (χ0v) is 19.8. The molecule has 172 valence electrons. The number of nitro benzene ring substituents is 1. The van der Waals surface area contributed by atoms with Gasteiger partial charge in [-0.1, -0.05) is 34.1 Å². The summed E-state index contributed by atoms with van der Waals surface area (Å²) in [5.41, 5.74) is 0.602. The lowest BCUT2D eigenvalue weighted by molar-refractivity contribution is -0.385. The van der Waals surface area contributed by atoms with Gasteiger partial charge in [-0.3, -0.25) is 24.6 Å². The molecule has 1 aliphatic heterocycles. The number of carbonyl (C=O) groups is 3. The topological polar surface area (TPSA) is 125 Å². The highest BCUT2D eigenvalue weighted by Crippen LogP contribution is 2.38. The number of imide groups is 1. The van der Waals surface area contributed by atoms with Gasteiger partial charge in [0.2, 0.25) is 0 Å². The molecule has 0 saturated carbocycles. The Kier molecular flexibility index (Phi) is 7.71. The van der Waals surface area contributed by atoms with Crippen LogP contribution in [0.2, 0.25) is 0 Å². The third-order valence-electron chi connectivity index (χ3n) is 4.53. The summed E-state index contributed by atoms with van der Waals surface area (Å²) < 4.78 is 15.8. The van der Waals surface area contributed by atoms with Gasteiger partial charge in [-0.05, 0) is 35.5 Å². The van der Waals surface area contributed by atoms with E-state index in [2.05, 4.69) is 20.7 Å². The fourth-order valence-corrected chi connectivity index (χ4v) is 4.17. The summed E-state index contributed by atoms with van der Waals surface area (Å²) >= 11 is 4.11. The molecule has 0 radical (unpaired) electrons. The Labute approximate surface area is 200 Å². The molecular formula is C21H17BrN2O8S. The lowest BCUT2D eigenvalue weighted by Crippen LogP contribution is -2.27. The third-order valence-corrected chi connectivity index (χ3v) is 6.13. The van der Waals surface area contributed by atoms with Crippen molar-refractivity contribution in [2.24, 2.45) is 0 Å². The minimum atomic E-state index is -0.569. The number of ether oxygens (including phenoxy) is 3. The van der Waals surface area contributed by atoms with Crippen molar-refractivity contribution in [3.63, 3.8) is 0 Å². The fourth-order valence-electron chi connectivity index (χ4n) is 2.90. The number of para-hydroxylation sites is 1. The molecular weight excluding hydrogens is 520 g/mol. The normalized spacial score (nSPS) is 14.5. The van der Waals surface area contributed by atoms with E-state index in [1.807, 2.05) is 0 Å². The Bertz CT molecular complexity index is 1170. The molecule has 1 aliphatic rings. The number of amides is 2. The first kappa shape index (κ1) is 24.3. The van der Waals surface area contributed by atoms with Crippen LogP contribution in [0, 0.1) is 10.1 Å². The van der Waals surface area contributed by atoms with E-state index < -0.39 is 22.0 Å². The maximum atomic E-state index is 12.9. The Morgan fingerprint density at radius 3 is 2.61 bits per heavy atom. The second-order valence-corrected chi connectivity index (χ2v) is 8.39. The van der Waals surface area contributed by atoms with Crippen molar-refractivity contribution >= 4 is 56.6 Å². The van der Waals surface area contributed by atoms with Crippen LogP contribution >= 0.6 is 27.7 Å². The number of esters is 1. The van der Waals surface area contributed by atoms with Crippen molar-refractivity contribution in [1.29, 1.82) is 0 Å². The average molecular weight is 537 g/mol. The first-order chi connectivity index (χ1) is 15.7. The van der Waals surface area contributed by atoms with Crippen molar-refractivity contribution in [3.05, 3.63) is 67.0 Å². The van der Waals surface area contributed by atoms with Gasteiger partial charge in [-0.15, -0.1) is 0 Å². The Balaban J connectivity index is 1.85. The molecule has 10 nitrogen and oxygen atoms in total. The van der Waals surface area contributed by atoms with Gasteiger partial charge in [0.15, 0.2) is 18.1 Å². The molecule has 1 heterocycles. The summed E-state index contributed by atoms with van der Waals surface area (Å²) in [6.45, 7) is -0.535. The molecule has 0 bridgehead atoms. The Morgan fingerprint density at radius 2 is 1.94 bits per heavy atom. The van der Waals surface area contributed by atoms with Crippen LogP contribution in [0.25, 0.3) is 6.08 Å². The molecule has 12 heteroatoms. The number of benzene rings is 2. The number of nitrogens with zero attached hydrogens (tertiary/aromatic N) is 2. The van der Waals surface area contributed by atoms with Gasteiger partial charge in [-0.25, -0.2) is 4.79 Å². The molecule has 2 aromatic carbocycles. The number of rotatable bonds is 8. The summed E-state index contributed by atoms with van der Waals surface area (Å²) in [5, 5.41) is 10.7. The van der Waals surface area contributed by atoms with Crippen LogP contribution < -0.4 is 9.47 Å². The molecule has 0 aromatic heterocycles. The van der Waals surface area contributed by atoms with E-state index in [4.69, 9.17) is 9.47 Å². The van der Waals surface area contributed by atoms with Crippen molar-refractivity contribution in [2.45, 2.75) is 6.54 Å². The smallest absolute Gasteiger partial charge is 0.343 e. The Morgan fingerprint density at radius 1 is 1.21 bits per heavy atom. The van der Waals surface area contributed by atoms with Gasteiger partial charge in [0.25, 0.3) is 16.8 Å². The number of halogens is 1. The van der Waals surface area contributed by atoms with Crippen LogP contribution in [0.3, 0.4) is 0 Å². The van der Waals surface area contributed by atoms with E-state index in [-0.39, 0.29) is 35.1 Å². The predicted octanol–water partition coefficient (Wildman–Crippen LogP) is 4.15. The van der Waals surface area contributed by atoms with Crippen LogP contribution in [0.4, 0.5) is 10.5 Å². The first-order valence-corrected chi connectivity index (χ1v) is 10.9. The van der Waals surface area contributed by atoms with Gasteiger partial charge >= 0.3 is 5.97 Å². The number of nitro groups is 1. The summed E-state index contributed by atoms with van der Waals surface area (Å²) in [6, 6.07) is 9.07. The predicted molar refractivity (Wildman–Crippen MR) is 123 cm³/mol. The highest BCUT2D eigenvalue weighted by Gasteiger charge is 2.36. The van der Waals surface area contributed by atoms with Crippen LogP contribution in [-0.2, 0) is 20.9 Å². The van der Waals surface area contributed by atoms with E-state index in [1.165, 1.54) is 38.5 Å². The number of hydrogen-bond acceptors (Lipinski definition) is 9. The molecule has 3 rings (SSSR count). The van der Waals surface area contributed by atoms with Gasteiger partial charge < -0.3 is 14.2 Å². The largest absolute Gasteiger partial charge is 0.493 e. The number of methoxy groups -OCH3 is 2. The zero-order chi connectivity index (χ0) is 24.1. The monoisotopic (exact) mass is 536 g/mol. The quantitative estimate of drug-likeness (QED) is 0.211. The maximum Gasteiger partial charge on any atom is 0.343 e. The number of thioether (sulfide) groups is 1. The molecule has 33 heavy (non-hydrogen) atoms. The van der Waals surface area contributed by atoms with Crippen molar-refractivity contribution in [3.8, 4) is 11.5 Å². The van der Waals surface area contributed by atoms with Crippen molar-refractivity contribution in [1.82, 2.24) is 4.90 Å². The summed E-state index contributed by atoms with van der Waals surface area (Å²) in [4.78, 5) is 48.4. The lowest BCUT2D eigenvalue weighted by Gasteiger charge is -2.13. The minimum absolute atomic E-state index is 0.143. The molecule has 0 unspecified atom stereocenters. The van der Waals surface area contributed by atoms with Crippen LogP contribution in [-0.4, -0.2) is 47.8 Å². The highest BCUT2D eigenvalue weighted by molar-refractivity contribution is 9.10. The van der Waals surface area contributed by atoms with Crippen molar-refractivity contribution in [2.75, 3.05) is 20.8 Å². The molecule has 0 spiro atoms. The van der Waals surface area contributed by atoms with Crippen molar-refractivity contribution < 1.29 is 33.5 Å². The van der Waals surface area contributed by atoms with Gasteiger partial charge in [0.1, 0.15) is 0 Å². The molecule has 0 aliphatic carbocycles. The van der Waals surface area contributed by atoms with E-state index in [0.717, 1.165) is 16.7 Å². The highest BCUT2D eigenvalue weighted by atomic mass is 79.9. The van der Waals surface area contributed by atoms with Gasteiger partial charge in [0, 0.05) is 16.1 Å². The summed E-state index contributed by atoms with van der Waals surface area (Å²) in [6.07, 6.45) is 1.50. The second-order valence-electron chi connectivity index (χ2n) is 6.54. The van der Waals surface area contributed by atoms with Crippen LogP contribution in [0.15, 0.2) is 45.8 Å². The lowest BCUT2D eigenvalue weighted by atomic mass is 10.1. The summed E-state index contributed by atoms with van der Waals surface area (Å²) in [5.74, 6) is -0.562. The average Bonchev–Trinajstić information content (AvgIpc) is 3.06. The van der Waals surface area contributed by atoms with Gasteiger partial charge in [-0.2, -0.15) is 0 Å². The molecule has 2 aromatic rings. The third kappa shape index (κ3) is 5.52. The molecule has 0 atom stereocenters. The zero-order valence-electron chi connectivity index (χ0n) is 17.4. The number of carbonyl (C=O) groups excluding carboxylic acids is 3. The van der Waals surface area contributed by atoms with Crippen LogP contribution in [0.1, 0.15) is 11.1 Å². The minimum Gasteiger partial charge on any atom is -0.493 e. The van der Waals surface area contributed by atoms with E-state index >= 15 is 0 Å². The SMILES string of the molecule is COC(=O)COc1cc(Br)c(/C=C2/SC(=O)N(Cc3ccccc3[N+](=O)[O-])C2=O)cc1OC. The second kappa shape index (κ2) is 10.5. The molecule has 0 N–H and O–H groups in total.